The molecule has 8 atom stereocenters. The van der Waals surface area contributed by atoms with Crippen molar-refractivity contribution in [2.24, 2.45) is 17.8 Å². The summed E-state index contributed by atoms with van der Waals surface area (Å²) < 4.78 is 11.0. The average Bonchev–Trinajstić information content (AvgIpc) is 2.59. The molecule has 0 aromatic rings. The van der Waals surface area contributed by atoms with Crippen molar-refractivity contribution in [2.75, 3.05) is 13.2 Å². The molecule has 158 valence electrons. The molecular formula is C17H31NO9. The van der Waals surface area contributed by atoms with E-state index in [-0.39, 0.29) is 12.5 Å². The molecule has 0 radical (unpaired) electrons. The second kappa shape index (κ2) is 10.3. The minimum absolute atomic E-state index is 0.226. The number of carboxylic acids is 1. The number of carbonyl (C=O) groups is 2. The molecule has 1 heterocycles. The van der Waals surface area contributed by atoms with E-state index in [1.807, 2.05) is 0 Å². The Morgan fingerprint density at radius 2 is 1.78 bits per heavy atom. The number of hydrogen-bond donors (Lipinski definition) is 6. The van der Waals surface area contributed by atoms with Gasteiger partial charge in [-0.2, -0.15) is 0 Å². The van der Waals surface area contributed by atoms with Gasteiger partial charge in [-0.15, -0.1) is 0 Å². The second-order valence-corrected chi connectivity index (χ2v) is 7.29. The van der Waals surface area contributed by atoms with E-state index in [0.717, 1.165) is 0 Å². The number of rotatable bonds is 9. The summed E-state index contributed by atoms with van der Waals surface area (Å²) in [4.78, 5) is 22.8. The number of nitrogens with one attached hydrogen (secondary N) is 1. The topological polar surface area (TPSA) is 166 Å². The zero-order valence-electron chi connectivity index (χ0n) is 16.0. The summed E-state index contributed by atoms with van der Waals surface area (Å²) in [6.07, 6.45) is -6.26. The third-order valence-electron chi connectivity index (χ3n) is 4.86. The lowest BCUT2D eigenvalue weighted by Crippen LogP contribution is -2.64. The summed E-state index contributed by atoms with van der Waals surface area (Å²) in [6, 6.07) is -1.13. The normalized spacial score (nSPS) is 32.0. The van der Waals surface area contributed by atoms with Crippen molar-refractivity contribution in [1.82, 2.24) is 5.32 Å². The van der Waals surface area contributed by atoms with Crippen molar-refractivity contribution in [3.63, 3.8) is 0 Å². The van der Waals surface area contributed by atoms with Gasteiger partial charge < -0.3 is 40.3 Å². The lowest BCUT2D eigenvalue weighted by molar-refractivity contribution is -0.275. The van der Waals surface area contributed by atoms with Crippen LogP contribution in [0, 0.1) is 17.8 Å². The fraction of sp³-hybridized carbons (Fsp3) is 0.882. The van der Waals surface area contributed by atoms with Crippen LogP contribution in [0.25, 0.3) is 0 Å². The molecule has 8 unspecified atom stereocenters. The van der Waals surface area contributed by atoms with Crippen LogP contribution < -0.4 is 5.32 Å². The Balaban J connectivity index is 2.97. The standard InChI is InChI=1S/C17H31NO9/c1-7(2)13(21)10(8(3)16(24)25)6-26-17-12(18-9(4)20)15(23)14(22)11(5-19)27-17/h7-8,10-15,17,19,21-23H,5-6H2,1-4H3,(H,18,20)(H,24,25). The third-order valence-corrected chi connectivity index (χ3v) is 4.86. The van der Waals surface area contributed by atoms with Gasteiger partial charge in [-0.3, -0.25) is 9.59 Å². The molecule has 1 aliphatic rings. The van der Waals surface area contributed by atoms with Crippen LogP contribution in [0.2, 0.25) is 0 Å². The zero-order valence-corrected chi connectivity index (χ0v) is 16.0. The quantitative estimate of drug-likeness (QED) is 0.268. The van der Waals surface area contributed by atoms with E-state index >= 15 is 0 Å². The van der Waals surface area contributed by atoms with Crippen molar-refractivity contribution in [3.8, 4) is 0 Å². The Morgan fingerprint density at radius 3 is 2.22 bits per heavy atom. The molecular weight excluding hydrogens is 362 g/mol. The van der Waals surface area contributed by atoms with Crippen molar-refractivity contribution in [2.45, 2.75) is 64.4 Å². The second-order valence-electron chi connectivity index (χ2n) is 7.29. The van der Waals surface area contributed by atoms with E-state index in [9.17, 15) is 35.1 Å². The first-order chi connectivity index (χ1) is 12.5. The molecule has 1 amide bonds. The summed E-state index contributed by atoms with van der Waals surface area (Å²) in [5.41, 5.74) is 0. The van der Waals surface area contributed by atoms with E-state index in [4.69, 9.17) is 9.47 Å². The minimum atomic E-state index is -1.46. The number of carbonyl (C=O) groups excluding carboxylic acids is 1. The van der Waals surface area contributed by atoms with Crippen LogP contribution in [-0.4, -0.2) is 87.4 Å². The van der Waals surface area contributed by atoms with Crippen LogP contribution in [0.3, 0.4) is 0 Å². The van der Waals surface area contributed by atoms with Gasteiger partial charge in [0.25, 0.3) is 0 Å². The van der Waals surface area contributed by atoms with Crippen LogP contribution in [0.4, 0.5) is 0 Å². The molecule has 1 fully saturated rings. The molecule has 0 aliphatic carbocycles. The first-order valence-corrected chi connectivity index (χ1v) is 8.93. The Kier molecular flexibility index (Phi) is 9.06. The van der Waals surface area contributed by atoms with Gasteiger partial charge in [0.1, 0.15) is 24.4 Å². The van der Waals surface area contributed by atoms with Crippen LogP contribution in [0.5, 0.6) is 0 Å². The molecule has 0 saturated carbocycles. The van der Waals surface area contributed by atoms with Crippen LogP contribution >= 0.6 is 0 Å². The van der Waals surface area contributed by atoms with Crippen molar-refractivity contribution in [1.29, 1.82) is 0 Å². The molecule has 10 nitrogen and oxygen atoms in total. The molecule has 0 bridgehead atoms. The first-order valence-electron chi connectivity index (χ1n) is 8.93. The molecule has 1 rings (SSSR count). The van der Waals surface area contributed by atoms with Gasteiger partial charge in [-0.1, -0.05) is 20.8 Å². The highest BCUT2D eigenvalue weighted by atomic mass is 16.7. The molecule has 1 saturated heterocycles. The lowest BCUT2D eigenvalue weighted by atomic mass is 9.84. The lowest BCUT2D eigenvalue weighted by Gasteiger charge is -2.42. The Bertz CT molecular complexity index is 501. The fourth-order valence-electron chi connectivity index (χ4n) is 3.04. The maximum atomic E-state index is 11.4. The fourth-order valence-corrected chi connectivity index (χ4v) is 3.04. The van der Waals surface area contributed by atoms with E-state index in [0.29, 0.717) is 0 Å². The summed E-state index contributed by atoms with van der Waals surface area (Å²) >= 11 is 0. The summed E-state index contributed by atoms with van der Waals surface area (Å²) in [5.74, 6) is -3.52. The SMILES string of the molecule is CC(=O)NC1C(OCC(C(C)C(=O)O)C(O)C(C)C)OC(CO)C(O)C1O. The molecule has 0 aromatic heterocycles. The monoisotopic (exact) mass is 393 g/mol. The number of aliphatic hydroxyl groups excluding tert-OH is 4. The smallest absolute Gasteiger partial charge is 0.306 e. The van der Waals surface area contributed by atoms with Gasteiger partial charge in [-0.05, 0) is 5.92 Å². The minimum Gasteiger partial charge on any atom is -0.481 e. The van der Waals surface area contributed by atoms with Gasteiger partial charge >= 0.3 is 5.97 Å². The first kappa shape index (κ1) is 23.7. The molecule has 1 aliphatic heterocycles. The molecule has 6 N–H and O–H groups in total. The number of amides is 1. The molecule has 0 spiro atoms. The van der Waals surface area contributed by atoms with Crippen LogP contribution in [0.1, 0.15) is 27.7 Å². The summed E-state index contributed by atoms with van der Waals surface area (Å²) in [5, 5.41) is 51.6. The third kappa shape index (κ3) is 6.09. The van der Waals surface area contributed by atoms with Gasteiger partial charge in [0.2, 0.25) is 5.91 Å². The van der Waals surface area contributed by atoms with Gasteiger partial charge in [-0.25, -0.2) is 0 Å². The van der Waals surface area contributed by atoms with E-state index in [2.05, 4.69) is 5.32 Å². The zero-order chi connectivity index (χ0) is 20.9. The molecule has 0 aromatic carbocycles. The average molecular weight is 393 g/mol. The van der Waals surface area contributed by atoms with E-state index < -0.39 is 67.1 Å². The molecule has 10 heteroatoms. The van der Waals surface area contributed by atoms with E-state index in [1.165, 1.54) is 13.8 Å². The van der Waals surface area contributed by atoms with Gasteiger partial charge in [0.15, 0.2) is 6.29 Å². The highest BCUT2D eigenvalue weighted by molar-refractivity contribution is 5.73. The highest BCUT2D eigenvalue weighted by Gasteiger charge is 2.46. The van der Waals surface area contributed by atoms with Crippen LogP contribution in [0.15, 0.2) is 0 Å². The Hall–Kier alpha value is -1.30. The molecule has 27 heavy (non-hydrogen) atoms. The number of hydrogen-bond acceptors (Lipinski definition) is 8. The predicted molar refractivity (Wildman–Crippen MR) is 92.5 cm³/mol. The number of carboxylic acid groups (broad SMARTS) is 1. The maximum Gasteiger partial charge on any atom is 0.306 e. The van der Waals surface area contributed by atoms with Crippen molar-refractivity contribution >= 4 is 11.9 Å². The van der Waals surface area contributed by atoms with Crippen molar-refractivity contribution in [3.05, 3.63) is 0 Å². The van der Waals surface area contributed by atoms with Crippen LogP contribution in [-0.2, 0) is 19.1 Å². The maximum absolute atomic E-state index is 11.4. The Labute approximate surface area is 158 Å². The predicted octanol–water partition coefficient (Wildman–Crippen LogP) is -1.70. The number of aliphatic hydroxyl groups is 4. The highest BCUT2D eigenvalue weighted by Crippen LogP contribution is 2.26. The van der Waals surface area contributed by atoms with Crippen molar-refractivity contribution < 1.29 is 44.6 Å². The summed E-state index contributed by atoms with van der Waals surface area (Å²) in [7, 11) is 0. The number of ether oxygens (including phenoxy) is 2. The largest absolute Gasteiger partial charge is 0.481 e. The van der Waals surface area contributed by atoms with Gasteiger partial charge in [0.05, 0.1) is 25.2 Å². The number of aliphatic carboxylic acids is 1. The van der Waals surface area contributed by atoms with E-state index in [1.54, 1.807) is 13.8 Å². The van der Waals surface area contributed by atoms with Gasteiger partial charge in [0, 0.05) is 12.8 Å². The summed E-state index contributed by atoms with van der Waals surface area (Å²) in [6.45, 7) is 5.33. The Morgan fingerprint density at radius 1 is 1.19 bits per heavy atom.